The van der Waals surface area contributed by atoms with Crippen LogP contribution in [-0.2, 0) is 41.7 Å². The monoisotopic (exact) mass is 1150 g/mol. The molecule has 0 aromatic heterocycles. The van der Waals surface area contributed by atoms with Gasteiger partial charge in [-0.1, -0.05) is 106 Å². The van der Waals surface area contributed by atoms with E-state index in [0.29, 0.717) is 0 Å². The number of aryl methyl sites for hydroxylation is 12. The molecule has 0 radical (unpaired) electrons. The Hall–Kier alpha value is -4.36. The molecule has 0 aliphatic heterocycles. The molecule has 6 aromatic rings. The first-order valence-corrected chi connectivity index (χ1v) is 25.2. The summed E-state index contributed by atoms with van der Waals surface area (Å²) in [4.78, 5) is 63.9. The van der Waals surface area contributed by atoms with Gasteiger partial charge in [0.25, 0.3) is 0 Å². The van der Waals surface area contributed by atoms with Gasteiger partial charge in [0.2, 0.25) is 0 Å². The van der Waals surface area contributed by atoms with Crippen LogP contribution in [0.3, 0.4) is 0 Å². The van der Waals surface area contributed by atoms with E-state index in [-0.39, 0.29) is 70.1 Å². The number of benzene rings is 6. The average Bonchev–Trinajstić information content (AvgIpc) is 3.25. The van der Waals surface area contributed by atoms with Crippen molar-refractivity contribution in [3.8, 4) is 34.5 Å². The molecule has 0 aliphatic carbocycles. The maximum absolute atomic E-state index is 11.7. The zero-order valence-corrected chi connectivity index (χ0v) is 47.0. The van der Waals surface area contributed by atoms with Crippen LogP contribution in [0.25, 0.3) is 0 Å². The number of rotatable bonds is 18. The normalized spacial score (nSPS) is 11.2. The van der Waals surface area contributed by atoms with Crippen molar-refractivity contribution in [1.82, 2.24) is 0 Å². The van der Waals surface area contributed by atoms with Crippen molar-refractivity contribution in [2.75, 3.05) is 0 Å². The molecule has 6 aromatic carbocycles. The van der Waals surface area contributed by atoms with Gasteiger partial charge in [0.15, 0.2) is 34.5 Å². The largest absolute Gasteiger partial charge is 3.00 e. The molecule has 0 bridgehead atoms. The molecule has 18 nitrogen and oxygen atoms in total. The molecule has 0 fully saturated rings. The topological polar surface area (TPSA) is 231 Å². The average molecular weight is 1150 g/mol. The summed E-state index contributed by atoms with van der Waals surface area (Å²) >= 11 is 0. The van der Waals surface area contributed by atoms with Crippen LogP contribution < -0.4 is 44.0 Å². The van der Waals surface area contributed by atoms with Crippen molar-refractivity contribution in [3.63, 3.8) is 0 Å². The quantitative estimate of drug-likeness (QED) is 0.0442. The Morgan fingerprint density at radius 3 is 0.514 bits per heavy atom. The first-order chi connectivity index (χ1) is 32.3. The van der Waals surface area contributed by atoms with Crippen LogP contribution in [-0.4, -0.2) is 0 Å². The van der Waals surface area contributed by atoms with Crippen LogP contribution in [0.4, 0.5) is 0 Å². The maximum atomic E-state index is 11.7. The Labute approximate surface area is 435 Å². The first-order valence-electron chi connectivity index (χ1n) is 20.8. The molecule has 70 heavy (non-hydrogen) atoms. The first kappa shape index (κ1) is 60.0. The number of hydrogen-bond donors (Lipinski definition) is 0. The second-order valence-corrected chi connectivity index (χ2v) is 19.5. The Morgan fingerprint density at radius 2 is 0.400 bits per heavy atom. The van der Waals surface area contributed by atoms with Gasteiger partial charge in [0, 0.05) is 0 Å². The molecule has 0 saturated heterocycles. The van der Waals surface area contributed by atoms with Crippen molar-refractivity contribution in [2.24, 2.45) is 0 Å². The molecule has 0 saturated carbocycles. The minimum Gasteiger partial charge on any atom is -0.751 e. The molecule has 0 heterocycles. The number of hydrogen-bond acceptors (Lipinski definition) is 18. The van der Waals surface area contributed by atoms with Gasteiger partial charge in [0.1, 0.15) is 0 Å². The van der Waals surface area contributed by atoms with Gasteiger partial charge in [-0.15, -0.1) is 28.0 Å². The van der Waals surface area contributed by atoms with E-state index in [0.717, 1.165) is 66.8 Å². The summed E-state index contributed by atoms with van der Waals surface area (Å²) in [5, 5.41) is 0. The SMILES string of the molecule is Cc1ccc(OOP(=O)([O-])OOc2ccc(C)cc2C)c(C)c1.Cc1ccc(OOP(=O)([O-])OOc2ccc(C)cc2C)c(C)c1.Cc1ccc(OOP(=O)([O-])OOc2ccc(C)cc2C)c(C)c1.[La+3]. The van der Waals surface area contributed by atoms with Gasteiger partial charge in [0.05, 0.1) is 0 Å². The zero-order chi connectivity index (χ0) is 51.1. The molecule has 0 aliphatic rings. The maximum Gasteiger partial charge on any atom is 3.00 e. The summed E-state index contributed by atoms with van der Waals surface area (Å²) < 4.78 is 61.2. The summed E-state index contributed by atoms with van der Waals surface area (Å²) in [7, 11) is -14.3. The summed E-state index contributed by atoms with van der Waals surface area (Å²) in [5.74, 6) is 1.68. The third-order valence-electron chi connectivity index (χ3n) is 9.29. The van der Waals surface area contributed by atoms with E-state index in [1.54, 1.807) is 114 Å². The summed E-state index contributed by atoms with van der Waals surface area (Å²) in [5.41, 5.74) is 10.6. The van der Waals surface area contributed by atoms with E-state index >= 15 is 0 Å². The van der Waals surface area contributed by atoms with Crippen molar-refractivity contribution < 1.29 is 121 Å². The van der Waals surface area contributed by atoms with E-state index in [1.807, 2.05) is 77.9 Å². The van der Waals surface area contributed by atoms with Gasteiger partial charge in [-0.05, 0) is 153 Å². The predicted molar refractivity (Wildman–Crippen MR) is 249 cm³/mol. The molecule has 0 spiro atoms. The van der Waals surface area contributed by atoms with Crippen LogP contribution in [0.2, 0.25) is 0 Å². The minimum absolute atomic E-state index is 0. The minimum atomic E-state index is -4.78. The molecular formula is C48H54LaO18P3. The fourth-order valence-corrected chi connectivity index (χ4v) is 7.01. The Bertz CT molecular complexity index is 2360. The van der Waals surface area contributed by atoms with Gasteiger partial charge >= 0.3 is 59.1 Å². The van der Waals surface area contributed by atoms with Crippen molar-refractivity contribution in [3.05, 3.63) is 176 Å². The van der Waals surface area contributed by atoms with Crippen molar-refractivity contribution >= 4 is 23.5 Å². The smallest absolute Gasteiger partial charge is 0.751 e. The van der Waals surface area contributed by atoms with Gasteiger partial charge in [-0.3, -0.25) is 13.7 Å². The molecule has 0 amide bonds. The standard InChI is InChI=1S/3C16H19O6P.La/c3*1-11-5-7-15(13(3)9-11)19-21-23(17,18)22-20-16-8-6-12(2)10-14(16)4;/h3*5-10H,1-4H3,(H,17,18);/q;;;+3/p-3. The van der Waals surface area contributed by atoms with Crippen molar-refractivity contribution in [1.29, 1.82) is 0 Å². The van der Waals surface area contributed by atoms with E-state index in [9.17, 15) is 28.4 Å². The second kappa shape index (κ2) is 27.5. The van der Waals surface area contributed by atoms with Gasteiger partial charge < -0.3 is 44.0 Å². The summed E-state index contributed by atoms with van der Waals surface area (Å²) in [6.07, 6.45) is 0. The van der Waals surface area contributed by atoms with Crippen LogP contribution in [0.5, 0.6) is 34.5 Å². The molecule has 6 rings (SSSR count). The molecular weight excluding hydrogens is 1100 g/mol. The fraction of sp³-hybridized carbons (Fsp3) is 0.250. The van der Waals surface area contributed by atoms with Crippen LogP contribution in [0.15, 0.2) is 109 Å². The second-order valence-electron chi connectivity index (χ2n) is 15.9. The zero-order valence-electron chi connectivity index (χ0n) is 40.7. The van der Waals surface area contributed by atoms with Crippen LogP contribution in [0, 0.1) is 119 Å². The molecule has 0 atom stereocenters. The van der Waals surface area contributed by atoms with E-state index in [1.165, 1.54) is 0 Å². The van der Waals surface area contributed by atoms with Gasteiger partial charge in [-0.2, -0.15) is 0 Å². The van der Waals surface area contributed by atoms with E-state index in [4.69, 9.17) is 29.3 Å². The molecule has 0 N–H and O–H groups in total. The summed E-state index contributed by atoms with van der Waals surface area (Å²) in [6, 6.07) is 31.3. The van der Waals surface area contributed by atoms with E-state index in [2.05, 4.69) is 28.0 Å². The molecule has 372 valence electrons. The van der Waals surface area contributed by atoms with E-state index < -0.39 is 23.5 Å². The molecule has 0 unspecified atom stereocenters. The van der Waals surface area contributed by atoms with Crippen LogP contribution in [0.1, 0.15) is 66.8 Å². The third-order valence-corrected chi connectivity index (χ3v) is 10.8. The molecule has 22 heteroatoms. The summed E-state index contributed by atoms with van der Waals surface area (Å²) in [6.45, 7) is 22.1. The Balaban J connectivity index is 0.000000276. The third kappa shape index (κ3) is 20.8. The van der Waals surface area contributed by atoms with Gasteiger partial charge in [-0.25, -0.2) is 0 Å². The number of phosphoric acid groups is 3. The van der Waals surface area contributed by atoms with Crippen LogP contribution >= 0.6 is 23.5 Å². The Kier molecular flexibility index (Phi) is 23.5. The van der Waals surface area contributed by atoms with Crippen molar-refractivity contribution in [2.45, 2.75) is 83.1 Å². The Morgan fingerprint density at radius 1 is 0.271 bits per heavy atom. The fourth-order valence-electron chi connectivity index (χ4n) is 5.91. The predicted octanol–water partition coefficient (Wildman–Crippen LogP) is 11.1.